The zero-order chi connectivity index (χ0) is 9.05. The molecule has 66 valence electrons. The molecule has 1 aromatic rings. The molecule has 2 aliphatic carbocycles. The van der Waals surface area contributed by atoms with E-state index in [0.717, 1.165) is 29.3 Å². The highest BCUT2D eigenvalue weighted by Crippen LogP contribution is 2.55. The molecule has 0 bridgehead atoms. The number of hydrogen-bond acceptors (Lipinski definition) is 1. The lowest BCUT2D eigenvalue weighted by Gasteiger charge is -1.98. The van der Waals surface area contributed by atoms with Gasteiger partial charge in [0.15, 0.2) is 5.78 Å². The Labute approximate surface area is 85.3 Å². The SMILES string of the molecule is O=C1c2ccc(Br)cc2CC12CC2. The number of carbonyl (C=O) groups is 1. The van der Waals surface area contributed by atoms with Crippen LogP contribution in [0.15, 0.2) is 22.7 Å². The van der Waals surface area contributed by atoms with Crippen LogP contribution < -0.4 is 0 Å². The fourth-order valence-electron chi connectivity index (χ4n) is 2.22. The monoisotopic (exact) mass is 236 g/mol. The summed E-state index contributed by atoms with van der Waals surface area (Å²) in [5.41, 5.74) is 2.24. The molecule has 13 heavy (non-hydrogen) atoms. The van der Waals surface area contributed by atoms with E-state index in [9.17, 15) is 4.79 Å². The van der Waals surface area contributed by atoms with Gasteiger partial charge in [-0.1, -0.05) is 15.9 Å². The highest BCUT2D eigenvalue weighted by molar-refractivity contribution is 9.10. The quantitative estimate of drug-likeness (QED) is 0.677. The molecule has 1 saturated carbocycles. The Bertz CT molecular complexity index is 405. The normalized spacial score (nSPS) is 22.1. The van der Waals surface area contributed by atoms with Crippen LogP contribution in [0.5, 0.6) is 0 Å². The first-order chi connectivity index (χ1) is 6.21. The summed E-state index contributed by atoms with van der Waals surface area (Å²) < 4.78 is 1.08. The minimum Gasteiger partial charge on any atom is -0.294 e. The molecule has 0 heterocycles. The minimum absolute atomic E-state index is 0.0448. The first-order valence-corrected chi connectivity index (χ1v) is 5.34. The maximum Gasteiger partial charge on any atom is 0.169 e. The second-order valence-electron chi connectivity index (χ2n) is 4.09. The van der Waals surface area contributed by atoms with Gasteiger partial charge in [0.1, 0.15) is 0 Å². The summed E-state index contributed by atoms with van der Waals surface area (Å²) in [5.74, 6) is 0.384. The number of carbonyl (C=O) groups excluding carboxylic acids is 1. The van der Waals surface area contributed by atoms with Crippen LogP contribution in [0.3, 0.4) is 0 Å². The third-order valence-corrected chi connectivity index (χ3v) is 3.67. The number of benzene rings is 1. The van der Waals surface area contributed by atoms with Crippen molar-refractivity contribution in [1.29, 1.82) is 0 Å². The standard InChI is InChI=1S/C11H9BrO/c12-8-1-2-9-7(5-8)6-11(3-4-11)10(9)13/h1-2,5H,3-4,6H2. The Kier molecular flexibility index (Phi) is 1.33. The second kappa shape index (κ2) is 2.24. The Morgan fingerprint density at radius 2 is 2.08 bits per heavy atom. The maximum atomic E-state index is 11.9. The molecule has 1 spiro atoms. The van der Waals surface area contributed by atoms with Gasteiger partial charge >= 0.3 is 0 Å². The summed E-state index contributed by atoms with van der Waals surface area (Å²) in [6.07, 6.45) is 3.16. The zero-order valence-electron chi connectivity index (χ0n) is 7.14. The first-order valence-electron chi connectivity index (χ1n) is 4.55. The number of rotatable bonds is 0. The van der Waals surface area contributed by atoms with Crippen LogP contribution in [-0.4, -0.2) is 5.78 Å². The van der Waals surface area contributed by atoms with Crippen molar-refractivity contribution in [1.82, 2.24) is 0 Å². The van der Waals surface area contributed by atoms with Crippen molar-refractivity contribution >= 4 is 21.7 Å². The molecule has 0 aromatic heterocycles. The van der Waals surface area contributed by atoms with Crippen LogP contribution in [-0.2, 0) is 6.42 Å². The van der Waals surface area contributed by atoms with Gasteiger partial charge in [0.25, 0.3) is 0 Å². The van der Waals surface area contributed by atoms with Crippen LogP contribution in [0.4, 0.5) is 0 Å². The van der Waals surface area contributed by atoms with Crippen molar-refractivity contribution in [2.24, 2.45) is 5.41 Å². The van der Waals surface area contributed by atoms with E-state index in [1.165, 1.54) is 5.56 Å². The fourth-order valence-corrected chi connectivity index (χ4v) is 2.62. The van der Waals surface area contributed by atoms with Crippen LogP contribution in [0, 0.1) is 5.41 Å². The molecule has 2 heteroatoms. The summed E-state index contributed by atoms with van der Waals surface area (Å²) in [6, 6.07) is 5.99. The number of ketones is 1. The predicted molar refractivity (Wildman–Crippen MR) is 53.8 cm³/mol. The molecular weight excluding hydrogens is 228 g/mol. The molecule has 1 aromatic carbocycles. The van der Waals surface area contributed by atoms with Gasteiger partial charge in [0, 0.05) is 15.5 Å². The lowest BCUT2D eigenvalue weighted by atomic mass is 10.0. The number of fused-ring (bicyclic) bond motifs is 1. The van der Waals surface area contributed by atoms with Crippen molar-refractivity contribution in [3.8, 4) is 0 Å². The maximum absolute atomic E-state index is 11.9. The molecule has 0 saturated heterocycles. The minimum atomic E-state index is 0.0448. The predicted octanol–water partition coefficient (Wildman–Crippen LogP) is 2.97. The first kappa shape index (κ1) is 7.74. The van der Waals surface area contributed by atoms with E-state index < -0.39 is 0 Å². The van der Waals surface area contributed by atoms with E-state index in [1.807, 2.05) is 12.1 Å². The van der Waals surface area contributed by atoms with E-state index in [2.05, 4.69) is 22.0 Å². The summed E-state index contributed by atoms with van der Waals surface area (Å²) >= 11 is 3.43. The van der Waals surface area contributed by atoms with Gasteiger partial charge in [0.2, 0.25) is 0 Å². The van der Waals surface area contributed by atoms with Crippen LogP contribution in [0.25, 0.3) is 0 Å². The van der Waals surface area contributed by atoms with Crippen molar-refractivity contribution in [2.75, 3.05) is 0 Å². The van der Waals surface area contributed by atoms with E-state index in [0.29, 0.717) is 5.78 Å². The van der Waals surface area contributed by atoms with Crippen LogP contribution >= 0.6 is 15.9 Å². The van der Waals surface area contributed by atoms with Crippen molar-refractivity contribution in [2.45, 2.75) is 19.3 Å². The third-order valence-electron chi connectivity index (χ3n) is 3.18. The van der Waals surface area contributed by atoms with Gasteiger partial charge in [-0.25, -0.2) is 0 Å². The largest absolute Gasteiger partial charge is 0.294 e. The topological polar surface area (TPSA) is 17.1 Å². The highest BCUT2D eigenvalue weighted by Gasteiger charge is 2.54. The molecule has 0 aliphatic heterocycles. The molecule has 1 nitrogen and oxygen atoms in total. The Balaban J connectivity index is 2.17. The molecular formula is C11H9BrO. The Morgan fingerprint density at radius 3 is 2.77 bits per heavy atom. The van der Waals surface area contributed by atoms with E-state index in [4.69, 9.17) is 0 Å². The van der Waals surface area contributed by atoms with Gasteiger partial charge in [-0.05, 0) is 43.0 Å². The Hall–Kier alpha value is -0.630. The van der Waals surface area contributed by atoms with Crippen molar-refractivity contribution in [3.05, 3.63) is 33.8 Å². The highest BCUT2D eigenvalue weighted by atomic mass is 79.9. The molecule has 0 N–H and O–H groups in total. The van der Waals surface area contributed by atoms with E-state index in [-0.39, 0.29) is 5.41 Å². The van der Waals surface area contributed by atoms with Crippen LogP contribution in [0.2, 0.25) is 0 Å². The molecule has 0 amide bonds. The van der Waals surface area contributed by atoms with Gasteiger partial charge in [-0.2, -0.15) is 0 Å². The van der Waals surface area contributed by atoms with E-state index >= 15 is 0 Å². The summed E-state index contributed by atoms with van der Waals surface area (Å²) in [7, 11) is 0. The second-order valence-corrected chi connectivity index (χ2v) is 5.00. The third kappa shape index (κ3) is 0.953. The fraction of sp³-hybridized carbons (Fsp3) is 0.364. The van der Waals surface area contributed by atoms with Gasteiger partial charge in [0.05, 0.1) is 0 Å². The molecule has 2 aliphatic rings. The smallest absolute Gasteiger partial charge is 0.169 e. The zero-order valence-corrected chi connectivity index (χ0v) is 8.73. The average molecular weight is 237 g/mol. The molecule has 0 unspecified atom stereocenters. The van der Waals surface area contributed by atoms with Gasteiger partial charge < -0.3 is 0 Å². The van der Waals surface area contributed by atoms with Crippen LogP contribution in [0.1, 0.15) is 28.8 Å². The Morgan fingerprint density at radius 1 is 1.31 bits per heavy atom. The lowest BCUT2D eigenvalue weighted by Crippen LogP contribution is -2.08. The molecule has 1 fully saturated rings. The van der Waals surface area contributed by atoms with Crippen molar-refractivity contribution in [3.63, 3.8) is 0 Å². The molecule has 0 radical (unpaired) electrons. The number of hydrogen-bond donors (Lipinski definition) is 0. The van der Waals surface area contributed by atoms with Crippen molar-refractivity contribution < 1.29 is 4.79 Å². The number of Topliss-reactive ketones (excluding diaryl/α,β-unsaturated/α-hetero) is 1. The number of halogens is 1. The summed E-state index contributed by atoms with van der Waals surface area (Å²) in [5, 5.41) is 0. The molecule has 3 rings (SSSR count). The van der Waals surface area contributed by atoms with Gasteiger partial charge in [-0.15, -0.1) is 0 Å². The molecule has 0 atom stereocenters. The summed E-state index contributed by atoms with van der Waals surface area (Å²) in [4.78, 5) is 11.9. The average Bonchev–Trinajstić information content (AvgIpc) is 2.79. The summed E-state index contributed by atoms with van der Waals surface area (Å²) in [6.45, 7) is 0. The van der Waals surface area contributed by atoms with Gasteiger partial charge in [-0.3, -0.25) is 4.79 Å². The van der Waals surface area contributed by atoms with E-state index in [1.54, 1.807) is 0 Å². The lowest BCUT2D eigenvalue weighted by molar-refractivity contribution is 0.0919.